The maximum atomic E-state index is 12.6. The van der Waals surface area contributed by atoms with Gasteiger partial charge in [0.25, 0.3) is 0 Å². The maximum absolute atomic E-state index is 12.6. The lowest BCUT2D eigenvalue weighted by Gasteiger charge is -2.43. The van der Waals surface area contributed by atoms with E-state index >= 15 is 0 Å². The van der Waals surface area contributed by atoms with Crippen molar-refractivity contribution in [3.63, 3.8) is 0 Å². The molecule has 0 radical (unpaired) electrons. The zero-order valence-electron chi connectivity index (χ0n) is 12.4. The highest BCUT2D eigenvalue weighted by atomic mass is 32.2. The van der Waals surface area contributed by atoms with Crippen molar-refractivity contribution in [2.45, 2.75) is 63.4 Å². The molecule has 1 unspecified atom stereocenters. The molecule has 0 N–H and O–H groups in total. The lowest BCUT2D eigenvalue weighted by atomic mass is 9.78. The molecular weight excluding hydrogens is 268 g/mol. The molecule has 0 aromatic rings. The van der Waals surface area contributed by atoms with Crippen LogP contribution in [0.5, 0.6) is 0 Å². The smallest absolute Gasteiger partial charge is 0.140 e. The first-order valence-electron chi connectivity index (χ1n) is 8.20. The van der Waals surface area contributed by atoms with Crippen LogP contribution >= 0.6 is 11.8 Å². The van der Waals surface area contributed by atoms with Crippen LogP contribution in [0.3, 0.4) is 0 Å². The van der Waals surface area contributed by atoms with E-state index in [1.54, 1.807) is 0 Å². The van der Waals surface area contributed by atoms with Gasteiger partial charge in [0.2, 0.25) is 0 Å². The van der Waals surface area contributed by atoms with Crippen molar-refractivity contribution in [1.29, 1.82) is 0 Å². The molecule has 20 heavy (non-hydrogen) atoms. The second kappa shape index (κ2) is 6.65. The summed E-state index contributed by atoms with van der Waals surface area (Å²) >= 11 is 2.03. The van der Waals surface area contributed by atoms with Crippen molar-refractivity contribution in [3.8, 4) is 0 Å². The Kier molecular flexibility index (Phi) is 4.87. The molecule has 1 atom stereocenters. The summed E-state index contributed by atoms with van der Waals surface area (Å²) in [5.74, 6) is 3.15. The summed E-state index contributed by atoms with van der Waals surface area (Å²) in [4.78, 5) is 12.6. The standard InChI is InChI=1S/C17H26O2S/c18-16(12-14-4-2-1-3-5-14)15-6-9-19-17(13-15)7-10-20-11-8-17/h4,15H,1-3,5-13H2. The molecule has 3 heteroatoms. The highest BCUT2D eigenvalue weighted by molar-refractivity contribution is 7.99. The van der Waals surface area contributed by atoms with Crippen molar-refractivity contribution in [2.24, 2.45) is 5.92 Å². The molecule has 1 aliphatic carbocycles. The number of ether oxygens (including phenoxy) is 1. The van der Waals surface area contributed by atoms with E-state index in [9.17, 15) is 4.79 Å². The van der Waals surface area contributed by atoms with E-state index in [4.69, 9.17) is 4.74 Å². The summed E-state index contributed by atoms with van der Waals surface area (Å²) < 4.78 is 6.10. The summed E-state index contributed by atoms with van der Waals surface area (Å²) in [5.41, 5.74) is 1.45. The highest BCUT2D eigenvalue weighted by Gasteiger charge is 2.40. The Morgan fingerprint density at radius 2 is 2.20 bits per heavy atom. The van der Waals surface area contributed by atoms with Crippen LogP contribution in [0, 0.1) is 5.92 Å². The minimum atomic E-state index is 0.0464. The summed E-state index contributed by atoms with van der Waals surface area (Å²) in [5, 5.41) is 0. The third-order valence-electron chi connectivity index (χ3n) is 5.14. The summed E-state index contributed by atoms with van der Waals surface area (Å²) in [6.45, 7) is 0.792. The first kappa shape index (κ1) is 14.6. The Labute approximate surface area is 126 Å². The molecule has 2 heterocycles. The van der Waals surface area contributed by atoms with Crippen LogP contribution < -0.4 is 0 Å². The molecule has 0 aromatic heterocycles. The Morgan fingerprint density at radius 3 is 2.95 bits per heavy atom. The number of allylic oxidation sites excluding steroid dienone is 2. The second-order valence-corrected chi connectivity index (χ2v) is 7.81. The molecule has 0 amide bonds. The Morgan fingerprint density at radius 1 is 1.35 bits per heavy atom. The molecule has 3 rings (SSSR count). The molecule has 2 fully saturated rings. The van der Waals surface area contributed by atoms with Crippen LogP contribution in [0.1, 0.15) is 57.8 Å². The van der Waals surface area contributed by atoms with Crippen molar-refractivity contribution >= 4 is 17.5 Å². The fourth-order valence-corrected chi connectivity index (χ4v) is 5.06. The lowest BCUT2D eigenvalue weighted by Crippen LogP contribution is -2.44. The topological polar surface area (TPSA) is 26.3 Å². The Hall–Kier alpha value is -0.280. The van der Waals surface area contributed by atoms with Crippen molar-refractivity contribution in [3.05, 3.63) is 11.6 Å². The molecule has 0 aromatic carbocycles. The Bertz CT molecular complexity index is 377. The van der Waals surface area contributed by atoms with E-state index < -0.39 is 0 Å². The fraction of sp³-hybridized carbons (Fsp3) is 0.824. The van der Waals surface area contributed by atoms with Gasteiger partial charge in [-0.05, 0) is 62.9 Å². The Balaban J connectivity index is 1.58. The van der Waals surface area contributed by atoms with Crippen LogP contribution in [0.15, 0.2) is 11.6 Å². The molecule has 2 aliphatic heterocycles. The average molecular weight is 294 g/mol. The molecule has 0 bridgehead atoms. The average Bonchev–Trinajstić information content (AvgIpc) is 2.49. The van der Waals surface area contributed by atoms with Crippen LogP contribution in [0.4, 0.5) is 0 Å². The first-order chi connectivity index (χ1) is 9.77. The van der Waals surface area contributed by atoms with E-state index in [1.165, 1.54) is 36.3 Å². The van der Waals surface area contributed by atoms with E-state index in [-0.39, 0.29) is 11.5 Å². The number of hydrogen-bond acceptors (Lipinski definition) is 3. The van der Waals surface area contributed by atoms with Gasteiger partial charge in [0.1, 0.15) is 5.78 Å². The highest BCUT2D eigenvalue weighted by Crippen LogP contribution is 2.40. The van der Waals surface area contributed by atoms with Gasteiger partial charge in [0, 0.05) is 18.9 Å². The van der Waals surface area contributed by atoms with Gasteiger partial charge in [-0.3, -0.25) is 4.79 Å². The van der Waals surface area contributed by atoms with Gasteiger partial charge in [-0.2, -0.15) is 11.8 Å². The van der Waals surface area contributed by atoms with Gasteiger partial charge in [-0.1, -0.05) is 11.6 Å². The molecule has 112 valence electrons. The largest absolute Gasteiger partial charge is 0.375 e. The first-order valence-corrected chi connectivity index (χ1v) is 9.35. The third kappa shape index (κ3) is 3.48. The molecular formula is C17H26O2S. The van der Waals surface area contributed by atoms with Gasteiger partial charge in [-0.15, -0.1) is 0 Å². The number of ketones is 1. The molecule has 2 saturated heterocycles. The summed E-state index contributed by atoms with van der Waals surface area (Å²) in [6, 6.07) is 0. The van der Waals surface area contributed by atoms with E-state index in [0.29, 0.717) is 5.78 Å². The molecule has 3 aliphatic rings. The van der Waals surface area contributed by atoms with Crippen LogP contribution in [0.25, 0.3) is 0 Å². The zero-order valence-corrected chi connectivity index (χ0v) is 13.2. The number of hydrogen-bond donors (Lipinski definition) is 0. The van der Waals surface area contributed by atoms with Gasteiger partial charge in [0.05, 0.1) is 5.60 Å². The lowest BCUT2D eigenvalue weighted by molar-refractivity contribution is -0.137. The molecule has 0 saturated carbocycles. The van der Waals surface area contributed by atoms with Gasteiger partial charge >= 0.3 is 0 Å². The van der Waals surface area contributed by atoms with Gasteiger partial charge in [0.15, 0.2) is 0 Å². The zero-order chi connectivity index (χ0) is 13.8. The summed E-state index contributed by atoms with van der Waals surface area (Å²) in [6.07, 6.45) is 12.1. The van der Waals surface area contributed by atoms with E-state index in [2.05, 4.69) is 6.08 Å². The number of carbonyl (C=O) groups is 1. The van der Waals surface area contributed by atoms with Gasteiger partial charge in [-0.25, -0.2) is 0 Å². The molecule has 2 nitrogen and oxygen atoms in total. The van der Waals surface area contributed by atoms with Crippen LogP contribution in [-0.4, -0.2) is 29.5 Å². The van der Waals surface area contributed by atoms with Crippen molar-refractivity contribution in [1.82, 2.24) is 0 Å². The number of Topliss-reactive ketones (excluding diaryl/α,β-unsaturated/α-hetero) is 1. The monoisotopic (exact) mass is 294 g/mol. The SMILES string of the molecule is O=C(CC1=CCCCC1)C1CCOC2(CCSCC2)C1. The third-order valence-corrected chi connectivity index (χ3v) is 6.12. The minimum absolute atomic E-state index is 0.0464. The van der Waals surface area contributed by atoms with Crippen LogP contribution in [-0.2, 0) is 9.53 Å². The van der Waals surface area contributed by atoms with Crippen molar-refractivity contribution < 1.29 is 9.53 Å². The summed E-state index contributed by atoms with van der Waals surface area (Å²) in [7, 11) is 0. The normalized spacial score (nSPS) is 30.0. The predicted molar refractivity (Wildman–Crippen MR) is 84.1 cm³/mol. The van der Waals surface area contributed by atoms with E-state index in [1.807, 2.05) is 11.8 Å². The van der Waals surface area contributed by atoms with Gasteiger partial charge < -0.3 is 4.74 Å². The maximum Gasteiger partial charge on any atom is 0.140 e. The number of rotatable bonds is 3. The predicted octanol–water partition coefficient (Wildman–Crippen LogP) is 4.14. The minimum Gasteiger partial charge on any atom is -0.375 e. The fourth-order valence-electron chi connectivity index (χ4n) is 3.83. The quantitative estimate of drug-likeness (QED) is 0.732. The second-order valence-electron chi connectivity index (χ2n) is 6.58. The van der Waals surface area contributed by atoms with Crippen LogP contribution in [0.2, 0.25) is 0 Å². The number of carbonyl (C=O) groups excluding carboxylic acids is 1. The van der Waals surface area contributed by atoms with Crippen molar-refractivity contribution in [2.75, 3.05) is 18.1 Å². The molecule has 1 spiro atoms. The van der Waals surface area contributed by atoms with E-state index in [0.717, 1.165) is 45.1 Å². The number of thioether (sulfide) groups is 1.